The quantitative estimate of drug-likeness (QED) is 0.836. The number of aryl methyl sites for hydroxylation is 1. The van der Waals surface area contributed by atoms with Gasteiger partial charge in [0.05, 0.1) is 9.34 Å². The first-order valence-corrected chi connectivity index (χ1v) is 6.04. The summed E-state index contributed by atoms with van der Waals surface area (Å²) in [6.07, 6.45) is 0. The maximum atomic E-state index is 8.87. The van der Waals surface area contributed by atoms with Crippen molar-refractivity contribution in [2.75, 3.05) is 11.9 Å². The van der Waals surface area contributed by atoms with E-state index in [1.807, 2.05) is 30.1 Å². The lowest BCUT2D eigenvalue weighted by molar-refractivity contribution is 1.00. The number of anilines is 2. The van der Waals surface area contributed by atoms with Gasteiger partial charge < -0.3 is 4.90 Å². The second kappa shape index (κ2) is 4.70. The van der Waals surface area contributed by atoms with Crippen molar-refractivity contribution in [3.8, 4) is 6.07 Å². The topological polar surface area (TPSA) is 52.8 Å². The molecule has 0 amide bonds. The first-order chi connectivity index (χ1) is 8.10. The van der Waals surface area contributed by atoms with E-state index in [0.717, 1.165) is 9.34 Å². The number of halogens is 1. The Balaban J connectivity index is 2.40. The van der Waals surface area contributed by atoms with E-state index in [-0.39, 0.29) is 0 Å². The molecule has 0 N–H and O–H groups in total. The standard InChI is InChI=1S/C11H9ClN4S/c1-7-14-8(6-13)5-10(15-7)16(2)11-4-3-9(12)17-11/h3-5H,1-2H3. The van der Waals surface area contributed by atoms with Gasteiger partial charge in [0.1, 0.15) is 23.4 Å². The normalized spacial score (nSPS) is 10.0. The van der Waals surface area contributed by atoms with Gasteiger partial charge in [0, 0.05) is 13.1 Å². The van der Waals surface area contributed by atoms with Gasteiger partial charge in [-0.05, 0) is 19.1 Å². The summed E-state index contributed by atoms with van der Waals surface area (Å²) in [7, 11) is 1.88. The molecule has 0 unspecified atom stereocenters. The van der Waals surface area contributed by atoms with Crippen LogP contribution in [0.1, 0.15) is 11.5 Å². The van der Waals surface area contributed by atoms with E-state index >= 15 is 0 Å². The third-order valence-electron chi connectivity index (χ3n) is 2.17. The van der Waals surface area contributed by atoms with Crippen molar-refractivity contribution in [3.63, 3.8) is 0 Å². The number of hydrogen-bond donors (Lipinski definition) is 0. The van der Waals surface area contributed by atoms with Crippen LogP contribution in [0, 0.1) is 18.3 Å². The highest BCUT2D eigenvalue weighted by Gasteiger charge is 2.10. The molecule has 0 radical (unpaired) electrons. The molecule has 2 rings (SSSR count). The second-order valence-corrected chi connectivity index (χ2v) is 5.10. The van der Waals surface area contributed by atoms with E-state index in [1.54, 1.807) is 13.0 Å². The largest absolute Gasteiger partial charge is 0.321 e. The van der Waals surface area contributed by atoms with E-state index in [1.165, 1.54) is 11.3 Å². The smallest absolute Gasteiger partial charge is 0.146 e. The van der Waals surface area contributed by atoms with Crippen LogP contribution in [0.4, 0.5) is 10.8 Å². The molecule has 0 fully saturated rings. The van der Waals surface area contributed by atoms with Crippen LogP contribution in [0.15, 0.2) is 18.2 Å². The molecule has 17 heavy (non-hydrogen) atoms. The summed E-state index contributed by atoms with van der Waals surface area (Å²) in [5.41, 5.74) is 0.363. The molecule has 2 aromatic rings. The Morgan fingerprint density at radius 2 is 2.18 bits per heavy atom. The number of aromatic nitrogens is 2. The van der Waals surface area contributed by atoms with Crippen molar-refractivity contribution in [2.24, 2.45) is 0 Å². The lowest BCUT2D eigenvalue weighted by Gasteiger charge is -2.16. The fraction of sp³-hybridized carbons (Fsp3) is 0.182. The summed E-state index contributed by atoms with van der Waals surface area (Å²) in [5.74, 6) is 1.26. The highest BCUT2D eigenvalue weighted by molar-refractivity contribution is 7.20. The summed E-state index contributed by atoms with van der Waals surface area (Å²) in [6, 6.07) is 7.42. The molecule has 0 atom stereocenters. The SMILES string of the molecule is Cc1nc(C#N)cc(N(C)c2ccc(Cl)s2)n1. The lowest BCUT2D eigenvalue weighted by atomic mass is 10.4. The molecular weight excluding hydrogens is 256 g/mol. The van der Waals surface area contributed by atoms with E-state index in [0.29, 0.717) is 17.3 Å². The molecule has 6 heteroatoms. The van der Waals surface area contributed by atoms with Crippen LogP contribution >= 0.6 is 22.9 Å². The molecule has 0 aliphatic heterocycles. The van der Waals surface area contributed by atoms with E-state index in [2.05, 4.69) is 9.97 Å². The average molecular weight is 265 g/mol. The van der Waals surface area contributed by atoms with Gasteiger partial charge in [0.2, 0.25) is 0 Å². The molecule has 4 nitrogen and oxygen atoms in total. The van der Waals surface area contributed by atoms with Crippen LogP contribution in [0.2, 0.25) is 4.34 Å². The Morgan fingerprint density at radius 3 is 2.76 bits per heavy atom. The van der Waals surface area contributed by atoms with E-state index in [4.69, 9.17) is 16.9 Å². The van der Waals surface area contributed by atoms with Crippen molar-refractivity contribution in [2.45, 2.75) is 6.92 Å². The maximum Gasteiger partial charge on any atom is 0.146 e. The van der Waals surface area contributed by atoms with Gasteiger partial charge in [0.25, 0.3) is 0 Å². The Bertz CT molecular complexity index is 587. The minimum Gasteiger partial charge on any atom is -0.321 e. The number of nitrogens with zero attached hydrogens (tertiary/aromatic N) is 4. The molecule has 0 saturated heterocycles. The summed E-state index contributed by atoms with van der Waals surface area (Å²) < 4.78 is 0.720. The fourth-order valence-corrected chi connectivity index (χ4v) is 2.38. The van der Waals surface area contributed by atoms with Crippen LogP contribution in [0.3, 0.4) is 0 Å². The van der Waals surface area contributed by atoms with Crippen LogP contribution in [0.5, 0.6) is 0 Å². The third-order valence-corrected chi connectivity index (χ3v) is 3.48. The molecular formula is C11H9ClN4S. The van der Waals surface area contributed by atoms with Gasteiger partial charge in [-0.1, -0.05) is 11.6 Å². The molecule has 0 aliphatic rings. The van der Waals surface area contributed by atoms with Gasteiger partial charge in [-0.3, -0.25) is 0 Å². The number of nitriles is 1. The van der Waals surface area contributed by atoms with Gasteiger partial charge in [0.15, 0.2) is 0 Å². The number of thiophene rings is 1. The van der Waals surface area contributed by atoms with Crippen molar-refractivity contribution in [1.29, 1.82) is 5.26 Å². The van der Waals surface area contributed by atoms with Crippen molar-refractivity contribution < 1.29 is 0 Å². The average Bonchev–Trinajstić information content (AvgIpc) is 2.74. The molecule has 2 aromatic heterocycles. The lowest BCUT2D eigenvalue weighted by Crippen LogP contribution is -2.11. The van der Waals surface area contributed by atoms with Gasteiger partial charge >= 0.3 is 0 Å². The Kier molecular flexibility index (Phi) is 3.27. The van der Waals surface area contributed by atoms with Gasteiger partial charge in [-0.15, -0.1) is 11.3 Å². The first-order valence-electron chi connectivity index (χ1n) is 4.85. The predicted molar refractivity (Wildman–Crippen MR) is 68.9 cm³/mol. The van der Waals surface area contributed by atoms with E-state index < -0.39 is 0 Å². The summed E-state index contributed by atoms with van der Waals surface area (Å²) in [5, 5.41) is 9.84. The minimum absolute atomic E-state index is 0.363. The van der Waals surface area contributed by atoms with Crippen molar-refractivity contribution in [1.82, 2.24) is 9.97 Å². The molecule has 2 heterocycles. The Hall–Kier alpha value is -1.64. The molecule has 0 saturated carbocycles. The Labute approximate surface area is 108 Å². The molecule has 86 valence electrons. The van der Waals surface area contributed by atoms with Crippen LogP contribution in [0.25, 0.3) is 0 Å². The van der Waals surface area contributed by atoms with Gasteiger partial charge in [-0.2, -0.15) is 5.26 Å². The molecule has 0 aromatic carbocycles. The highest BCUT2D eigenvalue weighted by atomic mass is 35.5. The van der Waals surface area contributed by atoms with Gasteiger partial charge in [-0.25, -0.2) is 9.97 Å². The van der Waals surface area contributed by atoms with E-state index in [9.17, 15) is 0 Å². The van der Waals surface area contributed by atoms with Crippen LogP contribution < -0.4 is 4.90 Å². The Morgan fingerprint density at radius 1 is 1.41 bits per heavy atom. The van der Waals surface area contributed by atoms with Crippen molar-refractivity contribution in [3.05, 3.63) is 34.1 Å². The summed E-state index contributed by atoms with van der Waals surface area (Å²) in [4.78, 5) is 10.2. The van der Waals surface area contributed by atoms with Crippen molar-refractivity contribution >= 4 is 33.8 Å². The number of rotatable bonds is 2. The third kappa shape index (κ3) is 2.54. The number of hydrogen-bond acceptors (Lipinski definition) is 5. The summed E-state index contributed by atoms with van der Waals surface area (Å²) >= 11 is 7.35. The zero-order chi connectivity index (χ0) is 12.4. The van der Waals surface area contributed by atoms with Crippen LogP contribution in [-0.2, 0) is 0 Å². The summed E-state index contributed by atoms with van der Waals surface area (Å²) in [6.45, 7) is 1.76. The zero-order valence-electron chi connectivity index (χ0n) is 9.31. The second-order valence-electron chi connectivity index (χ2n) is 3.41. The predicted octanol–water partition coefficient (Wildman–Crippen LogP) is 3.14. The fourth-order valence-electron chi connectivity index (χ4n) is 1.38. The molecule has 0 bridgehead atoms. The highest BCUT2D eigenvalue weighted by Crippen LogP contribution is 2.32. The first kappa shape index (κ1) is 11.8. The zero-order valence-corrected chi connectivity index (χ0v) is 10.9. The minimum atomic E-state index is 0.363. The van der Waals surface area contributed by atoms with Crippen LogP contribution in [-0.4, -0.2) is 17.0 Å². The molecule has 0 aliphatic carbocycles. The maximum absolute atomic E-state index is 8.87. The molecule has 0 spiro atoms. The monoisotopic (exact) mass is 264 g/mol.